The van der Waals surface area contributed by atoms with Gasteiger partial charge in [0.15, 0.2) is 5.65 Å². The molecule has 2 N–H and O–H groups in total. The molecule has 0 radical (unpaired) electrons. The zero-order valence-corrected chi connectivity index (χ0v) is 15.4. The van der Waals surface area contributed by atoms with Gasteiger partial charge < -0.3 is 5.32 Å². The Labute approximate surface area is 149 Å². The Balaban J connectivity index is 1.90. The standard InChI is InChI=1S/C18H22N4O2S/c1-4-12(5-2)18(24)19-11(3)13-10-17(23)22-16(20-13)9-14(21-22)15-7-6-8-25-15/h6-12,21H,4-5H2,1-3H3,(H,19,24). The van der Waals surface area contributed by atoms with E-state index in [2.05, 4.69) is 15.4 Å². The SMILES string of the molecule is CCC(CC)C(=O)NC(C)c1cc(=O)n2[nH]c(-c3cccs3)cc2n1. The fraction of sp³-hybridized carbons (Fsp3) is 0.389. The van der Waals surface area contributed by atoms with Gasteiger partial charge in [-0.3, -0.25) is 14.7 Å². The van der Waals surface area contributed by atoms with Gasteiger partial charge in [0.2, 0.25) is 5.91 Å². The third-order valence-electron chi connectivity index (χ3n) is 4.42. The lowest BCUT2D eigenvalue weighted by Gasteiger charge is -2.17. The number of thiophene rings is 1. The average molecular weight is 358 g/mol. The average Bonchev–Trinajstić information content (AvgIpc) is 3.25. The van der Waals surface area contributed by atoms with Crippen molar-refractivity contribution in [3.05, 3.63) is 45.7 Å². The quantitative estimate of drug-likeness (QED) is 0.709. The van der Waals surface area contributed by atoms with Gasteiger partial charge in [0.25, 0.3) is 5.56 Å². The second-order valence-corrected chi connectivity index (χ2v) is 7.05. The third kappa shape index (κ3) is 3.51. The molecular weight excluding hydrogens is 336 g/mol. The van der Waals surface area contributed by atoms with E-state index in [0.29, 0.717) is 11.3 Å². The van der Waals surface area contributed by atoms with Crippen molar-refractivity contribution in [1.29, 1.82) is 0 Å². The van der Waals surface area contributed by atoms with Gasteiger partial charge in [0.1, 0.15) is 0 Å². The highest BCUT2D eigenvalue weighted by Crippen LogP contribution is 2.23. The second-order valence-electron chi connectivity index (χ2n) is 6.10. The molecule has 0 aliphatic carbocycles. The number of fused-ring (bicyclic) bond motifs is 1. The molecule has 0 aliphatic heterocycles. The van der Waals surface area contributed by atoms with Crippen molar-refractivity contribution in [2.75, 3.05) is 0 Å². The molecule has 0 aliphatic rings. The van der Waals surface area contributed by atoms with E-state index in [9.17, 15) is 9.59 Å². The predicted octanol–water partition coefficient (Wildman–Crippen LogP) is 3.36. The van der Waals surface area contributed by atoms with Gasteiger partial charge in [0.05, 0.1) is 22.3 Å². The lowest BCUT2D eigenvalue weighted by atomic mass is 10.0. The normalized spacial score (nSPS) is 12.6. The Morgan fingerprint density at radius 1 is 1.36 bits per heavy atom. The van der Waals surface area contributed by atoms with Gasteiger partial charge >= 0.3 is 0 Å². The van der Waals surface area contributed by atoms with Gasteiger partial charge in [-0.25, -0.2) is 9.50 Å². The molecule has 6 nitrogen and oxygen atoms in total. The lowest BCUT2D eigenvalue weighted by Crippen LogP contribution is -2.33. The molecule has 3 heterocycles. The molecule has 3 rings (SSSR count). The van der Waals surface area contributed by atoms with E-state index in [-0.39, 0.29) is 23.4 Å². The first-order valence-electron chi connectivity index (χ1n) is 8.50. The fourth-order valence-corrected chi connectivity index (χ4v) is 3.55. The molecule has 0 bridgehead atoms. The fourth-order valence-electron chi connectivity index (χ4n) is 2.85. The van der Waals surface area contributed by atoms with Crippen LogP contribution in [-0.2, 0) is 4.79 Å². The Morgan fingerprint density at radius 2 is 2.12 bits per heavy atom. The molecule has 1 atom stereocenters. The van der Waals surface area contributed by atoms with Gasteiger partial charge in [-0.2, -0.15) is 0 Å². The summed E-state index contributed by atoms with van der Waals surface area (Å²) < 4.78 is 1.42. The Morgan fingerprint density at radius 3 is 2.76 bits per heavy atom. The van der Waals surface area contributed by atoms with Crippen molar-refractivity contribution in [1.82, 2.24) is 19.9 Å². The van der Waals surface area contributed by atoms with Gasteiger partial charge in [-0.05, 0) is 31.2 Å². The summed E-state index contributed by atoms with van der Waals surface area (Å²) in [5, 5.41) is 8.03. The molecule has 0 saturated carbocycles. The van der Waals surface area contributed by atoms with Crippen LogP contribution in [0.5, 0.6) is 0 Å². The number of rotatable bonds is 6. The van der Waals surface area contributed by atoms with Crippen LogP contribution >= 0.6 is 11.3 Å². The first-order chi connectivity index (χ1) is 12.0. The minimum absolute atomic E-state index is 0.00726. The van der Waals surface area contributed by atoms with Crippen LogP contribution in [0.3, 0.4) is 0 Å². The number of amides is 1. The van der Waals surface area contributed by atoms with Crippen LogP contribution in [0.25, 0.3) is 16.2 Å². The highest BCUT2D eigenvalue weighted by atomic mass is 32.1. The summed E-state index contributed by atoms with van der Waals surface area (Å²) in [6.45, 7) is 5.85. The summed E-state index contributed by atoms with van der Waals surface area (Å²) in [5.74, 6) is -0.00203. The van der Waals surface area contributed by atoms with Crippen LogP contribution in [0.1, 0.15) is 45.3 Å². The van der Waals surface area contributed by atoms with Crippen molar-refractivity contribution >= 4 is 22.9 Å². The lowest BCUT2D eigenvalue weighted by molar-refractivity contribution is -0.125. The molecule has 0 spiro atoms. The first-order valence-corrected chi connectivity index (χ1v) is 9.38. The number of nitrogens with zero attached hydrogens (tertiary/aromatic N) is 2. The van der Waals surface area contributed by atoms with Gasteiger partial charge in [-0.15, -0.1) is 11.3 Å². The molecule has 132 valence electrons. The molecule has 0 aromatic carbocycles. The maximum Gasteiger partial charge on any atom is 0.272 e. The van der Waals surface area contributed by atoms with Crippen molar-refractivity contribution < 1.29 is 4.79 Å². The Bertz CT molecular complexity index is 922. The number of hydrogen-bond donors (Lipinski definition) is 2. The highest BCUT2D eigenvalue weighted by Gasteiger charge is 2.19. The van der Waals surface area contributed by atoms with E-state index in [1.165, 1.54) is 10.6 Å². The molecule has 3 aromatic rings. The summed E-state index contributed by atoms with van der Waals surface area (Å²) in [6.07, 6.45) is 1.60. The predicted molar refractivity (Wildman–Crippen MR) is 99.8 cm³/mol. The maximum absolute atomic E-state index is 12.4. The Hall–Kier alpha value is -2.41. The minimum Gasteiger partial charge on any atom is -0.348 e. The molecule has 3 aromatic heterocycles. The molecular formula is C18H22N4O2S. The van der Waals surface area contributed by atoms with Crippen LogP contribution < -0.4 is 10.9 Å². The first kappa shape index (κ1) is 17.4. The van der Waals surface area contributed by atoms with Crippen LogP contribution in [-0.4, -0.2) is 20.5 Å². The van der Waals surface area contributed by atoms with E-state index in [1.54, 1.807) is 11.3 Å². The summed E-state index contributed by atoms with van der Waals surface area (Å²) in [4.78, 5) is 30.3. The van der Waals surface area contributed by atoms with Crippen LogP contribution in [0, 0.1) is 5.92 Å². The van der Waals surface area contributed by atoms with E-state index < -0.39 is 0 Å². The minimum atomic E-state index is -0.314. The van der Waals surface area contributed by atoms with Crippen molar-refractivity contribution in [2.24, 2.45) is 5.92 Å². The van der Waals surface area contributed by atoms with Crippen molar-refractivity contribution in [2.45, 2.75) is 39.7 Å². The van der Waals surface area contributed by atoms with Crippen molar-refractivity contribution in [3.8, 4) is 10.6 Å². The largest absolute Gasteiger partial charge is 0.348 e. The summed E-state index contributed by atoms with van der Waals surface area (Å²) in [5.41, 5.74) is 1.78. The molecule has 7 heteroatoms. The molecule has 1 amide bonds. The topological polar surface area (TPSA) is 79.3 Å². The van der Waals surface area contributed by atoms with Gasteiger partial charge in [-0.1, -0.05) is 19.9 Å². The monoisotopic (exact) mass is 358 g/mol. The van der Waals surface area contributed by atoms with E-state index in [1.807, 2.05) is 44.4 Å². The zero-order valence-electron chi connectivity index (χ0n) is 14.6. The summed E-state index contributed by atoms with van der Waals surface area (Å²) >= 11 is 1.59. The van der Waals surface area contributed by atoms with Crippen LogP contribution in [0.2, 0.25) is 0 Å². The number of nitrogens with one attached hydrogen (secondary N) is 2. The van der Waals surface area contributed by atoms with Gasteiger partial charge in [0, 0.05) is 18.1 Å². The number of H-pyrrole nitrogens is 1. The maximum atomic E-state index is 12.4. The number of carbonyl (C=O) groups is 1. The molecule has 25 heavy (non-hydrogen) atoms. The zero-order chi connectivity index (χ0) is 18.0. The van der Waals surface area contributed by atoms with Crippen molar-refractivity contribution in [3.63, 3.8) is 0 Å². The second kappa shape index (κ2) is 7.23. The summed E-state index contributed by atoms with van der Waals surface area (Å²) in [7, 11) is 0. The molecule has 0 saturated heterocycles. The smallest absolute Gasteiger partial charge is 0.272 e. The molecule has 0 fully saturated rings. The number of aromatic amines is 1. The van der Waals surface area contributed by atoms with Crippen LogP contribution in [0.15, 0.2) is 34.4 Å². The number of aromatic nitrogens is 3. The summed E-state index contributed by atoms with van der Waals surface area (Å²) in [6, 6.07) is 6.96. The molecule has 1 unspecified atom stereocenters. The third-order valence-corrected chi connectivity index (χ3v) is 5.32. The number of hydrogen-bond acceptors (Lipinski definition) is 4. The van der Waals surface area contributed by atoms with E-state index >= 15 is 0 Å². The number of carbonyl (C=O) groups excluding carboxylic acids is 1. The van der Waals surface area contributed by atoms with Crippen LogP contribution in [0.4, 0.5) is 0 Å². The highest BCUT2D eigenvalue weighted by molar-refractivity contribution is 7.13. The Kier molecular flexibility index (Phi) is 5.03. The van der Waals surface area contributed by atoms with E-state index in [0.717, 1.165) is 23.4 Å². The van der Waals surface area contributed by atoms with E-state index in [4.69, 9.17) is 0 Å².